The van der Waals surface area contributed by atoms with Crippen molar-refractivity contribution >= 4 is 29.2 Å². The number of primary amides is 1. The number of nitrogens with two attached hydrogens (primary N) is 1. The van der Waals surface area contributed by atoms with Crippen molar-refractivity contribution in [2.24, 2.45) is 5.73 Å². The summed E-state index contributed by atoms with van der Waals surface area (Å²) in [6, 6.07) is 11.4. The van der Waals surface area contributed by atoms with Crippen molar-refractivity contribution in [1.29, 1.82) is 0 Å². The Hall–Kier alpha value is -3.62. The molecule has 1 fully saturated rings. The monoisotopic (exact) mass is 413 g/mol. The predicted octanol–water partition coefficient (Wildman–Crippen LogP) is 1.78. The Morgan fingerprint density at radius 3 is 2.13 bits per heavy atom. The molecule has 30 heavy (non-hydrogen) atoms. The van der Waals surface area contributed by atoms with Crippen LogP contribution in [0.15, 0.2) is 48.5 Å². The molecule has 0 saturated carbocycles. The maximum absolute atomic E-state index is 13.1. The van der Waals surface area contributed by atoms with Crippen molar-refractivity contribution in [2.45, 2.75) is 13.0 Å². The molecule has 0 aliphatic carbocycles. The van der Waals surface area contributed by atoms with Crippen LogP contribution in [-0.4, -0.2) is 55.0 Å². The zero-order valence-electron chi connectivity index (χ0n) is 16.6. The first-order chi connectivity index (χ1) is 14.3. The average molecular weight is 413 g/mol. The summed E-state index contributed by atoms with van der Waals surface area (Å²) >= 11 is 0. The molecule has 158 valence electrons. The van der Waals surface area contributed by atoms with Gasteiger partial charge in [-0.25, -0.2) is 9.18 Å². The average Bonchev–Trinajstić information content (AvgIpc) is 2.74. The van der Waals surface area contributed by atoms with Gasteiger partial charge in [-0.3, -0.25) is 9.59 Å². The first kappa shape index (κ1) is 21.1. The Morgan fingerprint density at radius 2 is 1.57 bits per heavy atom. The van der Waals surface area contributed by atoms with Crippen molar-refractivity contribution in [3.63, 3.8) is 0 Å². The van der Waals surface area contributed by atoms with Gasteiger partial charge in [-0.1, -0.05) is 0 Å². The van der Waals surface area contributed by atoms with Gasteiger partial charge in [0.05, 0.1) is 0 Å². The largest absolute Gasteiger partial charge is 0.368 e. The van der Waals surface area contributed by atoms with Gasteiger partial charge in [0.1, 0.15) is 11.9 Å². The van der Waals surface area contributed by atoms with Crippen LogP contribution in [0.25, 0.3) is 0 Å². The van der Waals surface area contributed by atoms with Crippen LogP contribution < -0.4 is 21.3 Å². The molecule has 1 heterocycles. The number of anilines is 2. The van der Waals surface area contributed by atoms with E-state index in [0.717, 1.165) is 5.69 Å². The number of nitrogens with one attached hydrogen (secondary N) is 2. The third kappa shape index (κ3) is 5.25. The first-order valence-corrected chi connectivity index (χ1v) is 9.60. The van der Waals surface area contributed by atoms with Crippen LogP contribution in [0.4, 0.5) is 20.6 Å². The standard InChI is InChI=1S/C21H24FN5O3/c1-14(20(29)25-17-6-2-15(3-7-17)19(23)28)24-21(30)27-12-10-26(11-13-27)18-8-4-16(22)5-9-18/h2-9,14H,10-13H2,1H3,(H2,23,28)(H,24,30)(H,25,29)/t14-/m1/s1. The van der Waals surface area contributed by atoms with Crippen LogP contribution in [0.2, 0.25) is 0 Å². The fourth-order valence-corrected chi connectivity index (χ4v) is 3.13. The molecule has 8 nitrogen and oxygen atoms in total. The third-order valence-corrected chi connectivity index (χ3v) is 4.93. The molecule has 0 unspecified atom stereocenters. The van der Waals surface area contributed by atoms with Crippen LogP contribution in [-0.2, 0) is 4.79 Å². The van der Waals surface area contributed by atoms with E-state index < -0.39 is 11.9 Å². The molecule has 0 radical (unpaired) electrons. The van der Waals surface area contributed by atoms with Gasteiger partial charge in [-0.05, 0) is 55.5 Å². The van der Waals surface area contributed by atoms with Gasteiger partial charge < -0.3 is 26.2 Å². The van der Waals surface area contributed by atoms with Crippen LogP contribution in [0.1, 0.15) is 17.3 Å². The van der Waals surface area contributed by atoms with Gasteiger partial charge in [0, 0.05) is 43.1 Å². The summed E-state index contributed by atoms with van der Waals surface area (Å²) < 4.78 is 13.1. The minimum Gasteiger partial charge on any atom is -0.368 e. The quantitative estimate of drug-likeness (QED) is 0.694. The molecule has 3 rings (SSSR count). The number of hydrogen-bond acceptors (Lipinski definition) is 4. The van der Waals surface area contributed by atoms with Gasteiger partial charge in [-0.2, -0.15) is 0 Å². The van der Waals surface area contributed by atoms with Crippen LogP contribution in [0.3, 0.4) is 0 Å². The normalized spacial score (nSPS) is 14.7. The minimum atomic E-state index is -0.747. The molecule has 0 aromatic heterocycles. The summed E-state index contributed by atoms with van der Waals surface area (Å²) in [4.78, 5) is 39.6. The molecular weight excluding hydrogens is 389 g/mol. The molecule has 1 aliphatic heterocycles. The lowest BCUT2D eigenvalue weighted by atomic mass is 10.2. The van der Waals surface area contributed by atoms with Gasteiger partial charge in [0.15, 0.2) is 0 Å². The molecular formula is C21H24FN5O3. The highest BCUT2D eigenvalue weighted by Gasteiger charge is 2.24. The van der Waals surface area contributed by atoms with E-state index in [0.29, 0.717) is 37.4 Å². The molecule has 1 aliphatic rings. The summed E-state index contributed by atoms with van der Waals surface area (Å²) in [6.07, 6.45) is 0. The molecule has 0 spiro atoms. The van der Waals surface area contributed by atoms with E-state index in [1.807, 2.05) is 0 Å². The van der Waals surface area contributed by atoms with Gasteiger partial charge in [0.2, 0.25) is 11.8 Å². The molecule has 9 heteroatoms. The summed E-state index contributed by atoms with van der Waals surface area (Å²) in [5.74, 6) is -1.21. The van der Waals surface area contributed by atoms with E-state index in [1.165, 1.54) is 24.3 Å². The molecule has 1 saturated heterocycles. The van der Waals surface area contributed by atoms with Gasteiger partial charge >= 0.3 is 6.03 Å². The van der Waals surface area contributed by atoms with E-state index in [4.69, 9.17) is 5.73 Å². The topological polar surface area (TPSA) is 108 Å². The summed E-state index contributed by atoms with van der Waals surface area (Å²) in [5.41, 5.74) is 6.94. The third-order valence-electron chi connectivity index (χ3n) is 4.93. The van der Waals surface area contributed by atoms with Crippen LogP contribution >= 0.6 is 0 Å². The van der Waals surface area contributed by atoms with Gasteiger partial charge in [-0.15, -0.1) is 0 Å². The lowest BCUT2D eigenvalue weighted by Gasteiger charge is -2.36. The smallest absolute Gasteiger partial charge is 0.318 e. The molecule has 0 bridgehead atoms. The summed E-state index contributed by atoms with van der Waals surface area (Å²) in [7, 11) is 0. The zero-order chi connectivity index (χ0) is 21.7. The number of carbonyl (C=O) groups excluding carboxylic acids is 3. The van der Waals surface area contributed by atoms with Gasteiger partial charge in [0.25, 0.3) is 0 Å². The predicted molar refractivity (Wildman–Crippen MR) is 112 cm³/mol. The van der Waals surface area contributed by atoms with E-state index in [-0.39, 0.29) is 17.8 Å². The maximum atomic E-state index is 13.1. The Morgan fingerprint density at radius 1 is 0.967 bits per heavy atom. The van der Waals surface area contributed by atoms with E-state index in [2.05, 4.69) is 15.5 Å². The maximum Gasteiger partial charge on any atom is 0.318 e. The Balaban J connectivity index is 1.47. The lowest BCUT2D eigenvalue weighted by Crippen LogP contribution is -2.54. The Kier molecular flexibility index (Phi) is 6.51. The fraction of sp³-hybridized carbons (Fsp3) is 0.286. The fourth-order valence-electron chi connectivity index (χ4n) is 3.13. The molecule has 2 aromatic carbocycles. The Labute approximate surface area is 173 Å². The van der Waals surface area contributed by atoms with Crippen molar-refractivity contribution in [3.05, 3.63) is 59.9 Å². The molecule has 2 aromatic rings. The number of urea groups is 1. The number of piperazine rings is 1. The van der Waals surface area contributed by atoms with Crippen LogP contribution in [0, 0.1) is 5.82 Å². The van der Waals surface area contributed by atoms with Crippen molar-refractivity contribution in [3.8, 4) is 0 Å². The summed E-state index contributed by atoms with van der Waals surface area (Å²) in [6.45, 7) is 3.82. The lowest BCUT2D eigenvalue weighted by molar-refractivity contribution is -0.117. The van der Waals surface area contributed by atoms with Crippen LogP contribution in [0.5, 0.6) is 0 Å². The second-order valence-electron chi connectivity index (χ2n) is 7.05. The van der Waals surface area contributed by atoms with Crippen molar-refractivity contribution < 1.29 is 18.8 Å². The van der Waals surface area contributed by atoms with E-state index in [1.54, 1.807) is 36.1 Å². The highest BCUT2D eigenvalue weighted by atomic mass is 19.1. The number of amides is 4. The number of rotatable bonds is 5. The molecule has 4 amide bonds. The zero-order valence-corrected chi connectivity index (χ0v) is 16.6. The number of carbonyl (C=O) groups is 3. The van der Waals surface area contributed by atoms with E-state index in [9.17, 15) is 18.8 Å². The minimum absolute atomic E-state index is 0.284. The van der Waals surface area contributed by atoms with Crippen molar-refractivity contribution in [1.82, 2.24) is 10.2 Å². The number of halogens is 1. The highest BCUT2D eigenvalue weighted by molar-refractivity contribution is 5.97. The number of nitrogens with zero attached hydrogens (tertiary/aromatic N) is 2. The second-order valence-corrected chi connectivity index (χ2v) is 7.05. The molecule has 1 atom stereocenters. The SMILES string of the molecule is C[C@@H](NC(=O)N1CCN(c2ccc(F)cc2)CC1)C(=O)Nc1ccc(C(N)=O)cc1. The second kappa shape index (κ2) is 9.25. The molecule has 4 N–H and O–H groups in total. The van der Waals surface area contributed by atoms with E-state index >= 15 is 0 Å². The van der Waals surface area contributed by atoms with Crippen molar-refractivity contribution in [2.75, 3.05) is 36.4 Å². The number of benzene rings is 2. The first-order valence-electron chi connectivity index (χ1n) is 9.60. The Bertz CT molecular complexity index is 909. The highest BCUT2D eigenvalue weighted by Crippen LogP contribution is 2.17. The number of hydrogen-bond donors (Lipinski definition) is 3. The summed E-state index contributed by atoms with van der Waals surface area (Å²) in [5, 5.41) is 5.38.